The fourth-order valence-electron chi connectivity index (χ4n) is 3.85. The highest BCUT2D eigenvalue weighted by Crippen LogP contribution is 2.26. The summed E-state index contributed by atoms with van der Waals surface area (Å²) in [5.74, 6) is 0.252. The van der Waals surface area contributed by atoms with Gasteiger partial charge in [-0.3, -0.25) is 19.5 Å². The van der Waals surface area contributed by atoms with Crippen molar-refractivity contribution in [2.75, 3.05) is 6.54 Å². The highest BCUT2D eigenvalue weighted by atomic mass is 16.6. The topological polar surface area (TPSA) is 102 Å². The zero-order chi connectivity index (χ0) is 21.4. The van der Waals surface area contributed by atoms with Gasteiger partial charge < -0.3 is 5.43 Å². The number of benzene rings is 3. The van der Waals surface area contributed by atoms with Crippen LogP contribution in [0.2, 0.25) is 0 Å². The summed E-state index contributed by atoms with van der Waals surface area (Å²) in [6, 6.07) is 22.9. The van der Waals surface area contributed by atoms with Crippen LogP contribution < -0.4 is 11.0 Å². The normalized spacial score (nSPS) is 15.5. The lowest BCUT2D eigenvalue weighted by Gasteiger charge is -2.17. The number of aromatic nitrogens is 2. The van der Waals surface area contributed by atoms with Gasteiger partial charge in [-0.25, -0.2) is 4.98 Å². The number of nitro groups is 1. The van der Waals surface area contributed by atoms with Crippen molar-refractivity contribution in [3.8, 4) is 5.69 Å². The molecule has 8 heteroatoms. The van der Waals surface area contributed by atoms with Gasteiger partial charge in [-0.1, -0.05) is 48.5 Å². The van der Waals surface area contributed by atoms with Crippen LogP contribution in [0, 0.1) is 10.1 Å². The molecule has 5 rings (SSSR count). The number of fused-ring (bicyclic) bond motifs is 1. The second-order valence-corrected chi connectivity index (χ2v) is 7.19. The molecule has 1 aromatic heterocycles. The fourth-order valence-corrected chi connectivity index (χ4v) is 3.85. The summed E-state index contributed by atoms with van der Waals surface area (Å²) >= 11 is 0. The molecule has 0 saturated carbocycles. The third-order valence-corrected chi connectivity index (χ3v) is 5.33. The van der Waals surface area contributed by atoms with E-state index in [1.54, 1.807) is 30.3 Å². The van der Waals surface area contributed by atoms with E-state index in [9.17, 15) is 14.9 Å². The highest BCUT2D eigenvalue weighted by molar-refractivity contribution is 6.05. The van der Waals surface area contributed by atoms with E-state index in [1.807, 2.05) is 36.4 Å². The number of non-ortho nitro benzene ring substituents is 1. The fraction of sp³-hybridized carbons (Fsp3) is 0.0870. The molecule has 0 amide bonds. The first-order valence-corrected chi connectivity index (χ1v) is 9.76. The van der Waals surface area contributed by atoms with Crippen molar-refractivity contribution in [1.82, 2.24) is 15.0 Å². The van der Waals surface area contributed by atoms with Gasteiger partial charge in [-0.15, -0.1) is 0 Å². The Morgan fingerprint density at radius 2 is 1.77 bits per heavy atom. The van der Waals surface area contributed by atoms with Crippen LogP contribution >= 0.6 is 0 Å². The molecule has 8 nitrogen and oxygen atoms in total. The molecule has 4 aromatic rings. The zero-order valence-electron chi connectivity index (χ0n) is 16.3. The minimum absolute atomic E-state index is 0.102. The molecule has 1 atom stereocenters. The van der Waals surface area contributed by atoms with Crippen molar-refractivity contribution in [3.05, 3.63) is 111 Å². The second-order valence-electron chi connectivity index (χ2n) is 7.19. The molecule has 0 spiro atoms. The summed E-state index contributed by atoms with van der Waals surface area (Å²) in [6.07, 6.45) is 0. The van der Waals surface area contributed by atoms with Crippen LogP contribution in [0.1, 0.15) is 17.3 Å². The minimum Gasteiger partial charge on any atom is -0.309 e. The number of nitrogens with zero attached hydrogens (tertiary/aromatic N) is 4. The van der Waals surface area contributed by atoms with Crippen molar-refractivity contribution in [2.24, 2.45) is 5.10 Å². The molecule has 1 aliphatic rings. The average molecular weight is 411 g/mol. The Morgan fingerprint density at radius 3 is 2.58 bits per heavy atom. The average Bonchev–Trinajstić information content (AvgIpc) is 3.29. The Kier molecular flexibility index (Phi) is 4.51. The SMILES string of the molecule is O=c1c2ccccc2nc(C2=NNCC2c2ccccc2)n1-c1cccc([N+](=O)[O-])c1. The van der Waals surface area contributed by atoms with Crippen LogP contribution in [0.5, 0.6) is 0 Å². The Balaban J connectivity index is 1.78. The van der Waals surface area contributed by atoms with Crippen molar-refractivity contribution in [3.63, 3.8) is 0 Å². The quantitative estimate of drug-likeness (QED) is 0.410. The molecule has 0 aliphatic carbocycles. The number of rotatable bonds is 4. The Bertz CT molecular complexity index is 1400. The maximum Gasteiger partial charge on any atom is 0.271 e. The van der Waals surface area contributed by atoms with Crippen molar-refractivity contribution < 1.29 is 4.92 Å². The standard InChI is InChI=1S/C23H17N5O3/c29-23-18-11-4-5-12-20(18)25-22(27(23)16-9-6-10-17(13-16)28(30)31)21-19(14-24-26-21)15-7-2-1-3-8-15/h1-13,19,24H,14H2. The highest BCUT2D eigenvalue weighted by Gasteiger charge is 2.29. The van der Waals surface area contributed by atoms with Crippen LogP contribution in [0.4, 0.5) is 5.69 Å². The summed E-state index contributed by atoms with van der Waals surface area (Å²) in [7, 11) is 0. The van der Waals surface area contributed by atoms with E-state index in [-0.39, 0.29) is 17.2 Å². The van der Waals surface area contributed by atoms with Gasteiger partial charge in [-0.2, -0.15) is 5.10 Å². The van der Waals surface area contributed by atoms with Gasteiger partial charge in [0.05, 0.1) is 27.4 Å². The molecule has 3 aromatic carbocycles. The lowest BCUT2D eigenvalue weighted by atomic mass is 9.94. The van der Waals surface area contributed by atoms with Crippen molar-refractivity contribution in [2.45, 2.75) is 5.92 Å². The third-order valence-electron chi connectivity index (χ3n) is 5.33. The summed E-state index contributed by atoms with van der Waals surface area (Å²) < 4.78 is 1.41. The predicted octanol–water partition coefficient (Wildman–Crippen LogP) is 3.39. The van der Waals surface area contributed by atoms with Crippen LogP contribution in [-0.4, -0.2) is 26.7 Å². The molecule has 0 saturated heterocycles. The molecule has 1 aliphatic heterocycles. The summed E-state index contributed by atoms with van der Waals surface area (Å²) in [6.45, 7) is 0.566. The largest absolute Gasteiger partial charge is 0.309 e. The Morgan fingerprint density at radius 1 is 1.00 bits per heavy atom. The van der Waals surface area contributed by atoms with Crippen molar-refractivity contribution in [1.29, 1.82) is 0 Å². The number of para-hydroxylation sites is 1. The first-order valence-electron chi connectivity index (χ1n) is 9.76. The van der Waals surface area contributed by atoms with Gasteiger partial charge in [0.2, 0.25) is 0 Å². The number of hydrazone groups is 1. The zero-order valence-corrected chi connectivity index (χ0v) is 16.3. The van der Waals surface area contributed by atoms with E-state index >= 15 is 0 Å². The molecule has 0 bridgehead atoms. The van der Waals surface area contributed by atoms with Crippen molar-refractivity contribution >= 4 is 22.3 Å². The Labute approximate surface area is 176 Å². The van der Waals surface area contributed by atoms with Crippen LogP contribution in [0.3, 0.4) is 0 Å². The van der Waals surface area contributed by atoms with Gasteiger partial charge in [0, 0.05) is 18.7 Å². The van der Waals surface area contributed by atoms with E-state index < -0.39 is 4.92 Å². The molecule has 1 N–H and O–H groups in total. The molecular formula is C23H17N5O3. The number of hydrogen-bond acceptors (Lipinski definition) is 6. The molecule has 0 fully saturated rings. The van der Waals surface area contributed by atoms with Gasteiger partial charge in [0.15, 0.2) is 5.82 Å². The molecule has 1 unspecified atom stereocenters. The second kappa shape index (κ2) is 7.49. The molecular weight excluding hydrogens is 394 g/mol. The van der Waals surface area contributed by atoms with E-state index in [2.05, 4.69) is 10.5 Å². The number of nitrogens with one attached hydrogen (secondary N) is 1. The van der Waals surface area contributed by atoms with Crippen LogP contribution in [-0.2, 0) is 0 Å². The Hall–Kier alpha value is -4.33. The van der Waals surface area contributed by atoms with E-state index in [4.69, 9.17) is 4.98 Å². The lowest BCUT2D eigenvalue weighted by Crippen LogP contribution is -2.29. The first-order chi connectivity index (χ1) is 15.1. The van der Waals surface area contributed by atoms with E-state index in [0.717, 1.165) is 5.56 Å². The maximum absolute atomic E-state index is 13.5. The number of hydrogen-bond donors (Lipinski definition) is 1. The molecule has 2 heterocycles. The summed E-state index contributed by atoms with van der Waals surface area (Å²) in [5, 5.41) is 16.2. The lowest BCUT2D eigenvalue weighted by molar-refractivity contribution is -0.384. The van der Waals surface area contributed by atoms with E-state index in [0.29, 0.717) is 34.7 Å². The maximum atomic E-state index is 13.5. The molecule has 31 heavy (non-hydrogen) atoms. The monoisotopic (exact) mass is 411 g/mol. The minimum atomic E-state index is -0.482. The van der Waals surface area contributed by atoms with Crippen LogP contribution in [0.15, 0.2) is 88.8 Å². The smallest absolute Gasteiger partial charge is 0.271 e. The molecule has 152 valence electrons. The van der Waals surface area contributed by atoms with Gasteiger partial charge in [0.25, 0.3) is 11.2 Å². The van der Waals surface area contributed by atoms with Gasteiger partial charge in [0.1, 0.15) is 5.71 Å². The predicted molar refractivity (Wildman–Crippen MR) is 118 cm³/mol. The summed E-state index contributed by atoms with van der Waals surface area (Å²) in [5.41, 5.74) is 5.18. The van der Waals surface area contributed by atoms with Gasteiger partial charge in [-0.05, 0) is 23.8 Å². The number of nitro benzene ring substituents is 1. The molecule has 0 radical (unpaired) electrons. The first kappa shape index (κ1) is 18.7. The summed E-state index contributed by atoms with van der Waals surface area (Å²) in [4.78, 5) is 29.1. The van der Waals surface area contributed by atoms with E-state index in [1.165, 1.54) is 16.7 Å². The van der Waals surface area contributed by atoms with Gasteiger partial charge >= 0.3 is 0 Å². The third kappa shape index (κ3) is 3.24. The van der Waals surface area contributed by atoms with Crippen LogP contribution in [0.25, 0.3) is 16.6 Å².